The molecule has 2 aliphatic rings. The van der Waals surface area contributed by atoms with Gasteiger partial charge in [-0.2, -0.15) is 0 Å². The van der Waals surface area contributed by atoms with Crippen molar-refractivity contribution in [3.05, 3.63) is 29.8 Å². The Balaban J connectivity index is 1.51. The van der Waals surface area contributed by atoms with Gasteiger partial charge in [-0.15, -0.1) is 0 Å². The van der Waals surface area contributed by atoms with Crippen molar-refractivity contribution < 1.29 is 4.79 Å². The molecule has 5 heteroatoms. The van der Waals surface area contributed by atoms with Crippen molar-refractivity contribution in [1.29, 1.82) is 0 Å². The first-order valence-corrected chi connectivity index (χ1v) is 8.21. The molecule has 120 valence electrons. The Hall–Kier alpha value is -1.75. The second-order valence-corrected chi connectivity index (χ2v) is 6.40. The third-order valence-corrected chi connectivity index (χ3v) is 4.79. The number of hydrogen-bond donors (Lipinski definition) is 1. The Morgan fingerprint density at radius 2 is 1.91 bits per heavy atom. The zero-order valence-corrected chi connectivity index (χ0v) is 13.6. The summed E-state index contributed by atoms with van der Waals surface area (Å²) >= 11 is 0. The van der Waals surface area contributed by atoms with E-state index in [-0.39, 0.29) is 6.03 Å². The van der Waals surface area contributed by atoms with Crippen molar-refractivity contribution in [2.75, 3.05) is 51.2 Å². The van der Waals surface area contributed by atoms with E-state index in [4.69, 9.17) is 0 Å². The summed E-state index contributed by atoms with van der Waals surface area (Å²) in [5, 5.41) is 3.10. The number of nitrogens with zero attached hydrogens (tertiary/aromatic N) is 3. The highest BCUT2D eigenvalue weighted by Crippen LogP contribution is 2.28. The zero-order chi connectivity index (χ0) is 15.5. The molecular formula is C17H26N4O. The number of carbonyl (C=O) groups is 1. The molecule has 1 N–H and O–H groups in total. The lowest BCUT2D eigenvalue weighted by Crippen LogP contribution is -2.52. The number of piperazine rings is 1. The maximum Gasteiger partial charge on any atom is 0.317 e. The molecule has 1 saturated heterocycles. The minimum absolute atomic E-state index is 0.0763. The first-order chi connectivity index (χ1) is 10.6. The maximum atomic E-state index is 12.2. The summed E-state index contributed by atoms with van der Waals surface area (Å²) in [6.07, 6.45) is 1.10. The van der Waals surface area contributed by atoms with Gasteiger partial charge in [-0.05, 0) is 32.0 Å². The van der Waals surface area contributed by atoms with E-state index < -0.39 is 0 Å². The summed E-state index contributed by atoms with van der Waals surface area (Å²) in [6, 6.07) is 8.97. The maximum absolute atomic E-state index is 12.2. The van der Waals surface area contributed by atoms with Gasteiger partial charge in [-0.25, -0.2) is 4.79 Å². The molecule has 0 bridgehead atoms. The predicted molar refractivity (Wildman–Crippen MR) is 89.4 cm³/mol. The van der Waals surface area contributed by atoms with Gasteiger partial charge in [0.25, 0.3) is 0 Å². The molecule has 1 fully saturated rings. The number of rotatable bonds is 3. The van der Waals surface area contributed by atoms with Crippen LogP contribution in [0.4, 0.5) is 10.5 Å². The van der Waals surface area contributed by atoms with E-state index in [1.54, 1.807) is 0 Å². The smallest absolute Gasteiger partial charge is 0.317 e. The van der Waals surface area contributed by atoms with E-state index in [2.05, 4.69) is 53.4 Å². The fourth-order valence-electron chi connectivity index (χ4n) is 3.29. The molecule has 1 unspecified atom stereocenters. The van der Waals surface area contributed by atoms with Crippen LogP contribution in [0, 0.1) is 0 Å². The molecule has 0 spiro atoms. The highest BCUT2D eigenvalue weighted by Gasteiger charge is 2.24. The average molecular weight is 302 g/mol. The molecule has 2 aliphatic heterocycles. The Bertz CT molecular complexity index is 525. The Morgan fingerprint density at radius 3 is 2.68 bits per heavy atom. The summed E-state index contributed by atoms with van der Waals surface area (Å²) in [4.78, 5) is 18.8. The first-order valence-electron chi connectivity index (χ1n) is 8.21. The van der Waals surface area contributed by atoms with E-state index in [0.29, 0.717) is 12.6 Å². The molecule has 3 rings (SSSR count). The average Bonchev–Trinajstić information content (AvgIpc) is 2.97. The van der Waals surface area contributed by atoms with Gasteiger partial charge in [0.2, 0.25) is 0 Å². The second-order valence-electron chi connectivity index (χ2n) is 6.40. The Labute approximate surface area is 132 Å². The van der Waals surface area contributed by atoms with Crippen molar-refractivity contribution in [2.45, 2.75) is 19.4 Å². The summed E-state index contributed by atoms with van der Waals surface area (Å²) in [7, 11) is 2.10. The van der Waals surface area contributed by atoms with Crippen LogP contribution in [0.2, 0.25) is 0 Å². The summed E-state index contributed by atoms with van der Waals surface area (Å²) in [5.41, 5.74) is 2.74. The fourth-order valence-corrected chi connectivity index (χ4v) is 3.29. The minimum Gasteiger partial charge on any atom is -0.366 e. The topological polar surface area (TPSA) is 38.8 Å². The lowest BCUT2D eigenvalue weighted by Gasteiger charge is -2.33. The van der Waals surface area contributed by atoms with Crippen LogP contribution in [0.15, 0.2) is 24.3 Å². The van der Waals surface area contributed by atoms with Gasteiger partial charge in [-0.3, -0.25) is 0 Å². The molecule has 0 saturated carbocycles. The fraction of sp³-hybridized carbons (Fsp3) is 0.588. The van der Waals surface area contributed by atoms with Crippen molar-refractivity contribution in [3.8, 4) is 0 Å². The molecule has 2 amide bonds. The van der Waals surface area contributed by atoms with Gasteiger partial charge >= 0.3 is 6.03 Å². The summed E-state index contributed by atoms with van der Waals surface area (Å²) in [5.74, 6) is 0. The van der Waals surface area contributed by atoms with Crippen molar-refractivity contribution >= 4 is 11.7 Å². The van der Waals surface area contributed by atoms with E-state index >= 15 is 0 Å². The van der Waals surface area contributed by atoms with Gasteiger partial charge in [0.15, 0.2) is 0 Å². The van der Waals surface area contributed by atoms with Crippen LogP contribution in [-0.2, 0) is 6.42 Å². The monoisotopic (exact) mass is 302 g/mol. The van der Waals surface area contributed by atoms with E-state index in [1.165, 1.54) is 11.3 Å². The van der Waals surface area contributed by atoms with Gasteiger partial charge in [0.1, 0.15) is 0 Å². The number of amides is 2. The second kappa shape index (κ2) is 6.57. The van der Waals surface area contributed by atoms with Crippen LogP contribution in [0.3, 0.4) is 0 Å². The van der Waals surface area contributed by atoms with Crippen molar-refractivity contribution in [2.24, 2.45) is 0 Å². The molecular weight excluding hydrogens is 276 g/mol. The summed E-state index contributed by atoms with van der Waals surface area (Å²) in [6.45, 7) is 7.49. The number of hydrogen-bond acceptors (Lipinski definition) is 3. The summed E-state index contributed by atoms with van der Waals surface area (Å²) < 4.78 is 0. The van der Waals surface area contributed by atoms with Crippen LogP contribution in [0.25, 0.3) is 0 Å². The lowest BCUT2D eigenvalue weighted by molar-refractivity contribution is 0.154. The minimum atomic E-state index is 0.0763. The quantitative estimate of drug-likeness (QED) is 0.917. The van der Waals surface area contributed by atoms with Crippen LogP contribution in [0.1, 0.15) is 12.5 Å². The van der Waals surface area contributed by atoms with E-state index in [1.807, 2.05) is 4.90 Å². The van der Waals surface area contributed by atoms with E-state index in [9.17, 15) is 4.79 Å². The van der Waals surface area contributed by atoms with Crippen LogP contribution in [0.5, 0.6) is 0 Å². The number of anilines is 1. The number of nitrogens with one attached hydrogen (secondary N) is 1. The van der Waals surface area contributed by atoms with Gasteiger partial charge < -0.3 is 20.0 Å². The highest BCUT2D eigenvalue weighted by molar-refractivity contribution is 5.74. The van der Waals surface area contributed by atoms with Crippen molar-refractivity contribution in [1.82, 2.24) is 15.1 Å². The number of para-hydroxylation sites is 1. The van der Waals surface area contributed by atoms with Crippen LogP contribution >= 0.6 is 0 Å². The molecule has 0 radical (unpaired) electrons. The largest absolute Gasteiger partial charge is 0.366 e. The van der Waals surface area contributed by atoms with Crippen molar-refractivity contribution in [3.63, 3.8) is 0 Å². The number of carbonyl (C=O) groups excluding carboxylic acids is 1. The molecule has 1 aromatic rings. The third kappa shape index (κ3) is 3.19. The standard InChI is InChI=1S/C17H26N4O/c1-14(21-8-7-15-5-3-4-6-16(15)21)13-18-17(22)20-11-9-19(2)10-12-20/h3-6,14H,7-13H2,1-2H3,(H,18,22). The third-order valence-electron chi connectivity index (χ3n) is 4.79. The van der Waals surface area contributed by atoms with Gasteiger partial charge in [-0.1, -0.05) is 18.2 Å². The van der Waals surface area contributed by atoms with Crippen LogP contribution < -0.4 is 10.2 Å². The number of benzene rings is 1. The normalized spacial score (nSPS) is 19.9. The molecule has 0 aliphatic carbocycles. The molecule has 5 nitrogen and oxygen atoms in total. The van der Waals surface area contributed by atoms with E-state index in [0.717, 1.165) is 39.1 Å². The number of urea groups is 1. The Morgan fingerprint density at radius 1 is 1.18 bits per heavy atom. The zero-order valence-electron chi connectivity index (χ0n) is 13.6. The number of likely N-dealkylation sites (N-methyl/N-ethyl adjacent to an activating group) is 1. The highest BCUT2D eigenvalue weighted by atomic mass is 16.2. The SMILES string of the molecule is CC(CNC(=O)N1CCN(C)CC1)N1CCc2ccccc21. The molecule has 1 atom stereocenters. The lowest BCUT2D eigenvalue weighted by atomic mass is 10.2. The first kappa shape index (κ1) is 15.2. The number of fused-ring (bicyclic) bond motifs is 1. The molecule has 1 aromatic carbocycles. The Kier molecular flexibility index (Phi) is 4.52. The predicted octanol–water partition coefficient (Wildman–Crippen LogP) is 1.39. The molecule has 0 aromatic heterocycles. The van der Waals surface area contributed by atoms with Crippen LogP contribution in [-0.4, -0.2) is 68.2 Å². The van der Waals surface area contributed by atoms with Gasteiger partial charge in [0, 0.05) is 51.0 Å². The molecule has 22 heavy (non-hydrogen) atoms. The van der Waals surface area contributed by atoms with Gasteiger partial charge in [0.05, 0.1) is 0 Å². The molecule has 2 heterocycles.